The van der Waals surface area contributed by atoms with Gasteiger partial charge in [-0.1, -0.05) is 51.8 Å². The van der Waals surface area contributed by atoms with Crippen LogP contribution in [0.25, 0.3) is 11.3 Å². The van der Waals surface area contributed by atoms with Crippen LogP contribution in [-0.4, -0.2) is 52.5 Å². The molecule has 1 aromatic heterocycles. The van der Waals surface area contributed by atoms with Crippen LogP contribution in [0.3, 0.4) is 0 Å². The summed E-state index contributed by atoms with van der Waals surface area (Å²) in [5, 5.41) is 6.74. The van der Waals surface area contributed by atoms with E-state index in [1.54, 1.807) is 17.2 Å². The molecule has 3 heterocycles. The van der Waals surface area contributed by atoms with Gasteiger partial charge in [0.05, 0.1) is 23.0 Å². The number of anilines is 1. The number of halogens is 2. The van der Waals surface area contributed by atoms with E-state index in [9.17, 15) is 9.59 Å². The summed E-state index contributed by atoms with van der Waals surface area (Å²) in [6, 6.07) is 13.4. The molecule has 0 radical (unpaired) electrons. The van der Waals surface area contributed by atoms with Gasteiger partial charge in [0.15, 0.2) is 0 Å². The molecule has 2 aliphatic rings. The standard InChI is InChI=1S/C27H27BrClN5O3/c1-16(17-3-2-4-20(28)11-17)31-24(35)15-34-14-19-6-5-18(12-22(19)26(34)36)25-23(29)13-30-27(33-25)32-21-7-9-37-10-8-21/h2-6,11-13,16,21H,7-10,14-15H2,1H3,(H,31,35)(H,30,32,33)/t16-/m1/s1. The van der Waals surface area contributed by atoms with Crippen LogP contribution < -0.4 is 10.6 Å². The molecule has 1 atom stereocenters. The van der Waals surface area contributed by atoms with Gasteiger partial charge < -0.3 is 20.3 Å². The van der Waals surface area contributed by atoms with Crippen LogP contribution in [0.5, 0.6) is 0 Å². The highest BCUT2D eigenvalue weighted by molar-refractivity contribution is 9.10. The first kappa shape index (κ1) is 25.6. The van der Waals surface area contributed by atoms with Crippen LogP contribution in [0.2, 0.25) is 5.02 Å². The van der Waals surface area contributed by atoms with Gasteiger partial charge in [0, 0.05) is 41.4 Å². The normalized spacial score (nSPS) is 16.4. The first-order valence-electron chi connectivity index (χ1n) is 12.2. The average Bonchev–Trinajstić information content (AvgIpc) is 3.20. The van der Waals surface area contributed by atoms with Gasteiger partial charge in [-0.25, -0.2) is 9.97 Å². The number of carbonyl (C=O) groups is 2. The Bertz CT molecular complexity index is 1330. The van der Waals surface area contributed by atoms with E-state index >= 15 is 0 Å². The van der Waals surface area contributed by atoms with Crippen molar-refractivity contribution in [2.24, 2.45) is 0 Å². The van der Waals surface area contributed by atoms with E-state index in [4.69, 9.17) is 16.3 Å². The van der Waals surface area contributed by atoms with Crippen molar-refractivity contribution in [3.63, 3.8) is 0 Å². The van der Waals surface area contributed by atoms with Crippen LogP contribution in [-0.2, 0) is 16.1 Å². The highest BCUT2D eigenvalue weighted by atomic mass is 79.9. The predicted molar refractivity (Wildman–Crippen MR) is 145 cm³/mol. The zero-order valence-corrected chi connectivity index (χ0v) is 22.7. The molecule has 1 saturated heterocycles. The van der Waals surface area contributed by atoms with Crippen molar-refractivity contribution in [3.8, 4) is 11.3 Å². The summed E-state index contributed by atoms with van der Waals surface area (Å²) >= 11 is 9.90. The number of rotatable bonds is 7. The maximum absolute atomic E-state index is 13.2. The molecule has 37 heavy (non-hydrogen) atoms. The minimum Gasteiger partial charge on any atom is -0.381 e. The Balaban J connectivity index is 1.27. The van der Waals surface area contributed by atoms with Gasteiger partial charge in [0.1, 0.15) is 6.54 Å². The van der Waals surface area contributed by atoms with E-state index in [0.717, 1.165) is 34.0 Å². The van der Waals surface area contributed by atoms with Crippen molar-refractivity contribution in [2.45, 2.75) is 38.4 Å². The van der Waals surface area contributed by atoms with E-state index in [-0.39, 0.29) is 30.4 Å². The highest BCUT2D eigenvalue weighted by Crippen LogP contribution is 2.31. The SMILES string of the molecule is C[C@@H](NC(=O)CN1Cc2ccc(-c3nc(NC4CCOCC4)ncc3Cl)cc2C1=O)c1cccc(Br)c1. The van der Waals surface area contributed by atoms with E-state index in [1.807, 2.05) is 43.3 Å². The molecule has 5 rings (SSSR count). The Hall–Kier alpha value is -3.01. The topological polar surface area (TPSA) is 96.5 Å². The summed E-state index contributed by atoms with van der Waals surface area (Å²) in [4.78, 5) is 36.4. The predicted octanol–water partition coefficient (Wildman–Crippen LogP) is 4.98. The Labute approximate surface area is 228 Å². The molecular formula is C27H27BrClN5O3. The summed E-state index contributed by atoms with van der Waals surface area (Å²) in [6.07, 6.45) is 3.35. The summed E-state index contributed by atoms with van der Waals surface area (Å²) < 4.78 is 6.36. The number of nitrogens with one attached hydrogen (secondary N) is 2. The monoisotopic (exact) mass is 583 g/mol. The van der Waals surface area contributed by atoms with Gasteiger partial charge in [-0.2, -0.15) is 0 Å². The fourth-order valence-corrected chi connectivity index (χ4v) is 5.24. The summed E-state index contributed by atoms with van der Waals surface area (Å²) in [5.74, 6) is 0.0976. The summed E-state index contributed by atoms with van der Waals surface area (Å²) in [5.41, 5.74) is 3.69. The number of aromatic nitrogens is 2. The molecular weight excluding hydrogens is 558 g/mol. The third kappa shape index (κ3) is 5.95. The molecule has 0 saturated carbocycles. The molecule has 3 aromatic rings. The molecule has 0 unspecified atom stereocenters. The first-order chi connectivity index (χ1) is 17.9. The molecule has 0 bridgehead atoms. The number of amides is 2. The minimum atomic E-state index is -0.212. The van der Waals surface area contributed by atoms with Gasteiger partial charge in [-0.05, 0) is 49.1 Å². The molecule has 2 aliphatic heterocycles. The lowest BCUT2D eigenvalue weighted by Crippen LogP contribution is -2.38. The third-order valence-electron chi connectivity index (χ3n) is 6.62. The largest absolute Gasteiger partial charge is 0.381 e. The fourth-order valence-electron chi connectivity index (χ4n) is 4.62. The second kappa shape index (κ2) is 11.2. The molecule has 8 nitrogen and oxygen atoms in total. The summed E-state index contributed by atoms with van der Waals surface area (Å²) in [7, 11) is 0. The van der Waals surface area contributed by atoms with Crippen LogP contribution in [0.15, 0.2) is 53.1 Å². The van der Waals surface area contributed by atoms with E-state index < -0.39 is 0 Å². The molecule has 10 heteroatoms. The zero-order valence-electron chi connectivity index (χ0n) is 20.3. The van der Waals surface area contributed by atoms with E-state index in [0.29, 0.717) is 42.0 Å². The second-order valence-corrected chi connectivity index (χ2v) is 10.6. The molecule has 2 N–H and O–H groups in total. The number of carbonyl (C=O) groups excluding carboxylic acids is 2. The Kier molecular flexibility index (Phi) is 7.73. The number of fused-ring (bicyclic) bond motifs is 1. The number of nitrogens with zero attached hydrogens (tertiary/aromatic N) is 3. The van der Waals surface area contributed by atoms with Gasteiger partial charge in [-0.15, -0.1) is 0 Å². The lowest BCUT2D eigenvalue weighted by atomic mass is 10.0. The minimum absolute atomic E-state index is 0.0192. The zero-order chi connectivity index (χ0) is 25.9. The number of benzene rings is 2. The average molecular weight is 585 g/mol. The molecule has 0 spiro atoms. The number of ether oxygens (including phenoxy) is 1. The van der Waals surface area contributed by atoms with Crippen LogP contribution in [0, 0.1) is 0 Å². The molecule has 2 amide bonds. The van der Waals surface area contributed by atoms with Crippen LogP contribution in [0.1, 0.15) is 47.3 Å². The van der Waals surface area contributed by atoms with Crippen LogP contribution >= 0.6 is 27.5 Å². The van der Waals surface area contributed by atoms with Crippen LogP contribution in [0.4, 0.5) is 5.95 Å². The summed E-state index contributed by atoms with van der Waals surface area (Å²) in [6.45, 7) is 3.70. The smallest absolute Gasteiger partial charge is 0.254 e. The molecule has 2 aromatic carbocycles. The second-order valence-electron chi connectivity index (χ2n) is 9.30. The Morgan fingerprint density at radius 3 is 2.84 bits per heavy atom. The van der Waals surface area contributed by atoms with Crippen molar-refractivity contribution in [1.29, 1.82) is 0 Å². The lowest BCUT2D eigenvalue weighted by Gasteiger charge is -2.23. The first-order valence-corrected chi connectivity index (χ1v) is 13.4. The number of hydrogen-bond acceptors (Lipinski definition) is 6. The van der Waals surface area contributed by atoms with Crippen molar-refractivity contribution in [2.75, 3.05) is 25.1 Å². The number of hydrogen-bond donors (Lipinski definition) is 2. The Morgan fingerprint density at radius 2 is 2.05 bits per heavy atom. The molecule has 1 fully saturated rings. The Morgan fingerprint density at radius 1 is 1.24 bits per heavy atom. The van der Waals surface area contributed by atoms with Gasteiger partial charge in [0.25, 0.3) is 5.91 Å². The maximum Gasteiger partial charge on any atom is 0.254 e. The van der Waals surface area contributed by atoms with Gasteiger partial charge >= 0.3 is 0 Å². The third-order valence-corrected chi connectivity index (χ3v) is 7.39. The lowest BCUT2D eigenvalue weighted by molar-refractivity contribution is -0.122. The van der Waals surface area contributed by atoms with Crippen molar-refractivity contribution in [1.82, 2.24) is 20.2 Å². The maximum atomic E-state index is 13.2. The van der Waals surface area contributed by atoms with Gasteiger partial charge in [-0.3, -0.25) is 9.59 Å². The van der Waals surface area contributed by atoms with Crippen molar-refractivity contribution >= 4 is 45.3 Å². The fraction of sp³-hybridized carbons (Fsp3) is 0.333. The van der Waals surface area contributed by atoms with Gasteiger partial charge in [0.2, 0.25) is 11.9 Å². The highest BCUT2D eigenvalue weighted by Gasteiger charge is 2.30. The molecule has 192 valence electrons. The van der Waals surface area contributed by atoms with Crippen molar-refractivity contribution in [3.05, 3.63) is 74.8 Å². The van der Waals surface area contributed by atoms with Crippen molar-refractivity contribution < 1.29 is 14.3 Å². The molecule has 0 aliphatic carbocycles. The van der Waals surface area contributed by atoms with E-state index in [2.05, 4.69) is 36.5 Å². The quantitative estimate of drug-likeness (QED) is 0.407. The van der Waals surface area contributed by atoms with E-state index in [1.165, 1.54) is 0 Å².